The van der Waals surface area contributed by atoms with Crippen molar-refractivity contribution in [2.45, 2.75) is 32.1 Å². The quantitative estimate of drug-likeness (QED) is 0.845. The van der Waals surface area contributed by atoms with Gasteiger partial charge in [0.2, 0.25) is 0 Å². The summed E-state index contributed by atoms with van der Waals surface area (Å²) in [5, 5.41) is 1.03. The predicted octanol–water partition coefficient (Wildman–Crippen LogP) is 2.71. The van der Waals surface area contributed by atoms with E-state index in [9.17, 15) is 0 Å². The summed E-state index contributed by atoms with van der Waals surface area (Å²) < 4.78 is 0. The second-order valence-corrected chi connectivity index (χ2v) is 5.14. The van der Waals surface area contributed by atoms with Crippen molar-refractivity contribution in [3.8, 4) is 0 Å². The molecule has 0 aromatic carbocycles. The summed E-state index contributed by atoms with van der Waals surface area (Å²) in [4.78, 5) is 11.4. The molecule has 2 aromatic rings. The van der Waals surface area contributed by atoms with Crippen LogP contribution in [0.5, 0.6) is 0 Å². The highest BCUT2D eigenvalue weighted by Crippen LogP contribution is 2.40. The first kappa shape index (κ1) is 9.09. The molecule has 0 amide bonds. The topological polar surface area (TPSA) is 51.8 Å². The van der Waals surface area contributed by atoms with E-state index in [2.05, 4.69) is 23.0 Å². The SMILES string of the molecule is CCc1cc2c(N)nc(C3CC3)nc2s1. The Kier molecular flexibility index (Phi) is 1.92. The monoisotopic (exact) mass is 219 g/mol. The van der Waals surface area contributed by atoms with Gasteiger partial charge in [0.1, 0.15) is 16.5 Å². The van der Waals surface area contributed by atoms with Crippen molar-refractivity contribution >= 4 is 27.4 Å². The molecule has 2 N–H and O–H groups in total. The molecule has 1 saturated carbocycles. The highest BCUT2D eigenvalue weighted by Gasteiger charge is 2.27. The van der Waals surface area contributed by atoms with E-state index >= 15 is 0 Å². The van der Waals surface area contributed by atoms with Crippen LogP contribution in [-0.4, -0.2) is 9.97 Å². The molecular formula is C11H13N3S. The number of anilines is 1. The van der Waals surface area contributed by atoms with Gasteiger partial charge < -0.3 is 5.73 Å². The zero-order valence-electron chi connectivity index (χ0n) is 8.66. The van der Waals surface area contributed by atoms with E-state index in [4.69, 9.17) is 5.73 Å². The van der Waals surface area contributed by atoms with Crippen molar-refractivity contribution < 1.29 is 0 Å². The lowest BCUT2D eigenvalue weighted by Gasteiger charge is -1.99. The highest BCUT2D eigenvalue weighted by molar-refractivity contribution is 7.18. The van der Waals surface area contributed by atoms with Gasteiger partial charge in [-0.3, -0.25) is 0 Å². The molecule has 0 aliphatic heterocycles. The Morgan fingerprint density at radius 2 is 2.27 bits per heavy atom. The summed E-state index contributed by atoms with van der Waals surface area (Å²) in [6.07, 6.45) is 3.48. The van der Waals surface area contributed by atoms with Gasteiger partial charge in [-0.1, -0.05) is 6.92 Å². The van der Waals surface area contributed by atoms with Crippen molar-refractivity contribution in [1.82, 2.24) is 9.97 Å². The van der Waals surface area contributed by atoms with Gasteiger partial charge in [-0.15, -0.1) is 11.3 Å². The number of aromatic nitrogens is 2. The summed E-state index contributed by atoms with van der Waals surface area (Å²) in [6, 6.07) is 2.12. The van der Waals surface area contributed by atoms with Crippen LogP contribution in [0.3, 0.4) is 0 Å². The minimum absolute atomic E-state index is 0.573. The van der Waals surface area contributed by atoms with Gasteiger partial charge in [0.05, 0.1) is 5.39 Å². The third-order valence-corrected chi connectivity index (χ3v) is 3.95. The summed E-state index contributed by atoms with van der Waals surface area (Å²) in [5.74, 6) is 2.17. The molecule has 78 valence electrons. The fourth-order valence-electron chi connectivity index (χ4n) is 1.71. The molecular weight excluding hydrogens is 206 g/mol. The van der Waals surface area contributed by atoms with Gasteiger partial charge in [0, 0.05) is 10.8 Å². The number of fused-ring (bicyclic) bond motifs is 1. The Morgan fingerprint density at radius 1 is 1.47 bits per heavy atom. The minimum atomic E-state index is 0.573. The fraction of sp³-hybridized carbons (Fsp3) is 0.455. The Morgan fingerprint density at radius 3 is 2.93 bits per heavy atom. The van der Waals surface area contributed by atoms with Crippen LogP contribution in [0, 0.1) is 0 Å². The third-order valence-electron chi connectivity index (χ3n) is 2.78. The molecule has 2 aromatic heterocycles. The normalized spacial score (nSPS) is 16.1. The van der Waals surface area contributed by atoms with Crippen molar-refractivity contribution in [1.29, 1.82) is 0 Å². The number of thiophene rings is 1. The number of nitrogen functional groups attached to an aromatic ring is 1. The lowest BCUT2D eigenvalue weighted by Crippen LogP contribution is -1.97. The summed E-state index contributed by atoms with van der Waals surface area (Å²) in [7, 11) is 0. The third kappa shape index (κ3) is 1.49. The number of nitrogens with two attached hydrogens (primary N) is 1. The van der Waals surface area contributed by atoms with Crippen LogP contribution in [0.25, 0.3) is 10.2 Å². The van der Waals surface area contributed by atoms with Gasteiger partial charge in [-0.2, -0.15) is 0 Å². The Bertz CT molecular complexity index is 514. The van der Waals surface area contributed by atoms with Crippen LogP contribution < -0.4 is 5.73 Å². The predicted molar refractivity (Wildman–Crippen MR) is 63.2 cm³/mol. The van der Waals surface area contributed by atoms with E-state index in [1.807, 2.05) is 0 Å². The maximum Gasteiger partial charge on any atom is 0.135 e. The molecule has 3 nitrogen and oxygen atoms in total. The van der Waals surface area contributed by atoms with E-state index in [0.717, 1.165) is 22.5 Å². The second kappa shape index (κ2) is 3.17. The van der Waals surface area contributed by atoms with E-state index < -0.39 is 0 Å². The largest absolute Gasteiger partial charge is 0.383 e. The maximum atomic E-state index is 5.95. The molecule has 1 aliphatic rings. The van der Waals surface area contributed by atoms with Gasteiger partial charge in [-0.25, -0.2) is 9.97 Å². The maximum absolute atomic E-state index is 5.95. The molecule has 2 heterocycles. The van der Waals surface area contributed by atoms with E-state index in [0.29, 0.717) is 11.7 Å². The van der Waals surface area contributed by atoms with Crippen LogP contribution in [0.1, 0.15) is 36.4 Å². The zero-order chi connectivity index (χ0) is 10.4. The molecule has 1 fully saturated rings. The van der Waals surface area contributed by atoms with Crippen molar-refractivity contribution in [2.24, 2.45) is 0 Å². The Balaban J connectivity index is 2.20. The molecule has 0 bridgehead atoms. The molecule has 0 spiro atoms. The second-order valence-electron chi connectivity index (χ2n) is 4.03. The first-order valence-corrected chi connectivity index (χ1v) is 6.15. The van der Waals surface area contributed by atoms with E-state index in [1.165, 1.54) is 17.7 Å². The van der Waals surface area contributed by atoms with Crippen LogP contribution in [0.15, 0.2) is 6.07 Å². The summed E-state index contributed by atoms with van der Waals surface area (Å²) in [6.45, 7) is 2.15. The average Bonchev–Trinajstić information content (AvgIpc) is 2.98. The fourth-order valence-corrected chi connectivity index (χ4v) is 2.69. The standard InChI is InChI=1S/C11H13N3S/c1-2-7-5-8-9(12)13-10(6-3-4-6)14-11(8)15-7/h5-6H,2-4H2,1H3,(H2,12,13,14). The first-order valence-electron chi connectivity index (χ1n) is 5.33. The molecule has 3 rings (SSSR count). The summed E-state index contributed by atoms with van der Waals surface area (Å²) >= 11 is 1.74. The molecule has 15 heavy (non-hydrogen) atoms. The molecule has 0 unspecified atom stereocenters. The molecule has 0 saturated heterocycles. The molecule has 1 aliphatic carbocycles. The zero-order valence-corrected chi connectivity index (χ0v) is 9.47. The van der Waals surface area contributed by atoms with Gasteiger partial charge >= 0.3 is 0 Å². The lowest BCUT2D eigenvalue weighted by atomic mass is 10.3. The number of hydrogen-bond acceptors (Lipinski definition) is 4. The number of nitrogens with zero attached hydrogens (tertiary/aromatic N) is 2. The molecule has 0 atom stereocenters. The van der Waals surface area contributed by atoms with Crippen molar-refractivity contribution in [3.63, 3.8) is 0 Å². The summed E-state index contributed by atoms with van der Waals surface area (Å²) in [5.41, 5.74) is 5.95. The lowest BCUT2D eigenvalue weighted by molar-refractivity contribution is 0.956. The van der Waals surface area contributed by atoms with Crippen LogP contribution in [0.4, 0.5) is 5.82 Å². The van der Waals surface area contributed by atoms with Crippen LogP contribution in [0.2, 0.25) is 0 Å². The Hall–Kier alpha value is -1.16. The van der Waals surface area contributed by atoms with E-state index in [-0.39, 0.29) is 0 Å². The van der Waals surface area contributed by atoms with Gasteiger partial charge in [0.15, 0.2) is 0 Å². The van der Waals surface area contributed by atoms with E-state index in [1.54, 1.807) is 11.3 Å². The molecule has 0 radical (unpaired) electrons. The van der Waals surface area contributed by atoms with Crippen molar-refractivity contribution in [3.05, 3.63) is 16.8 Å². The smallest absolute Gasteiger partial charge is 0.135 e. The van der Waals surface area contributed by atoms with Crippen molar-refractivity contribution in [2.75, 3.05) is 5.73 Å². The van der Waals surface area contributed by atoms with Gasteiger partial charge in [0.25, 0.3) is 0 Å². The van der Waals surface area contributed by atoms with Gasteiger partial charge in [-0.05, 0) is 25.3 Å². The number of rotatable bonds is 2. The Labute approximate surface area is 92.4 Å². The minimum Gasteiger partial charge on any atom is -0.383 e. The number of aryl methyl sites for hydroxylation is 1. The number of hydrogen-bond donors (Lipinski definition) is 1. The average molecular weight is 219 g/mol. The molecule has 4 heteroatoms. The highest BCUT2D eigenvalue weighted by atomic mass is 32.1. The van der Waals surface area contributed by atoms with Crippen LogP contribution >= 0.6 is 11.3 Å². The first-order chi connectivity index (χ1) is 7.28. The van der Waals surface area contributed by atoms with Crippen LogP contribution in [-0.2, 0) is 6.42 Å².